The zero-order chi connectivity index (χ0) is 13.6. The molecule has 3 rings (SSSR count). The average Bonchev–Trinajstić information content (AvgIpc) is 2.35. The molecule has 0 unspecified atom stereocenters. The van der Waals surface area contributed by atoms with E-state index in [9.17, 15) is 9.90 Å². The lowest BCUT2D eigenvalue weighted by Crippen LogP contribution is -2.18. The minimum Gasteiger partial charge on any atom is -0.478 e. The van der Waals surface area contributed by atoms with Crippen LogP contribution in [0, 0.1) is 12.8 Å². The van der Waals surface area contributed by atoms with E-state index < -0.39 is 5.97 Å². The molecule has 1 aliphatic carbocycles. The van der Waals surface area contributed by atoms with Crippen LogP contribution in [-0.2, 0) is 12.8 Å². The zero-order valence-electron chi connectivity index (χ0n) is 11.2. The van der Waals surface area contributed by atoms with Crippen molar-refractivity contribution in [3.8, 4) is 0 Å². The van der Waals surface area contributed by atoms with Crippen molar-refractivity contribution in [2.75, 3.05) is 0 Å². The Morgan fingerprint density at radius 3 is 2.95 bits per heavy atom. The number of nitrogens with zero attached hydrogens (tertiary/aromatic N) is 1. The van der Waals surface area contributed by atoms with E-state index in [4.69, 9.17) is 0 Å². The van der Waals surface area contributed by atoms with Crippen molar-refractivity contribution in [2.45, 2.75) is 33.1 Å². The van der Waals surface area contributed by atoms with Crippen molar-refractivity contribution in [2.24, 2.45) is 5.92 Å². The maximum absolute atomic E-state index is 11.7. The molecule has 0 fully saturated rings. The Bertz CT molecular complexity index is 676. The number of carboxylic acids is 1. The fraction of sp³-hybridized carbons (Fsp3) is 0.375. The number of benzene rings is 1. The number of aryl methyl sites for hydroxylation is 2. The molecule has 0 saturated heterocycles. The van der Waals surface area contributed by atoms with Gasteiger partial charge in [-0.05, 0) is 49.8 Å². The van der Waals surface area contributed by atoms with Gasteiger partial charge in [0.15, 0.2) is 0 Å². The minimum atomic E-state index is -0.830. The molecule has 0 bridgehead atoms. The third-order valence-electron chi connectivity index (χ3n) is 3.97. The Hall–Kier alpha value is -1.90. The first-order chi connectivity index (χ1) is 9.06. The number of hydrogen-bond donors (Lipinski definition) is 1. The molecule has 3 heteroatoms. The highest BCUT2D eigenvalue weighted by atomic mass is 16.4. The van der Waals surface area contributed by atoms with Gasteiger partial charge in [-0.1, -0.05) is 18.6 Å². The molecule has 0 amide bonds. The second-order valence-electron chi connectivity index (χ2n) is 5.59. The first-order valence-electron chi connectivity index (χ1n) is 6.71. The summed E-state index contributed by atoms with van der Waals surface area (Å²) in [7, 11) is 0. The summed E-state index contributed by atoms with van der Waals surface area (Å²) in [5, 5.41) is 10.4. The van der Waals surface area contributed by atoms with Crippen molar-refractivity contribution in [3.05, 3.63) is 40.6 Å². The molecule has 0 radical (unpaired) electrons. The van der Waals surface area contributed by atoms with E-state index in [0.29, 0.717) is 11.5 Å². The number of carbonyl (C=O) groups is 1. The minimum absolute atomic E-state index is 0.468. The standard InChI is InChI=1S/C16H17NO2/c1-9-3-5-13-11(7-9)15(16(18)19)12-8-10(2)4-6-14(12)17-13/h3,5,7,10H,4,6,8H2,1-2H3,(H,18,19)/t10-/m1/s1. The Labute approximate surface area is 112 Å². The predicted octanol–water partition coefficient (Wildman–Crippen LogP) is 3.37. The van der Waals surface area contributed by atoms with Gasteiger partial charge in [-0.2, -0.15) is 0 Å². The Morgan fingerprint density at radius 2 is 2.21 bits per heavy atom. The lowest BCUT2D eigenvalue weighted by Gasteiger charge is -2.23. The van der Waals surface area contributed by atoms with Crippen molar-refractivity contribution in [1.29, 1.82) is 0 Å². The van der Waals surface area contributed by atoms with Gasteiger partial charge in [-0.15, -0.1) is 0 Å². The van der Waals surface area contributed by atoms with Crippen LogP contribution in [-0.4, -0.2) is 16.1 Å². The molecular weight excluding hydrogens is 238 g/mol. The SMILES string of the molecule is Cc1ccc2nc3c(c(C(=O)O)c2c1)C[C@H](C)CC3. The van der Waals surface area contributed by atoms with Crippen molar-refractivity contribution < 1.29 is 9.90 Å². The van der Waals surface area contributed by atoms with E-state index in [1.165, 1.54) is 0 Å². The Morgan fingerprint density at radius 1 is 1.42 bits per heavy atom. The average molecular weight is 255 g/mol. The summed E-state index contributed by atoms with van der Waals surface area (Å²) in [6.07, 6.45) is 2.81. The number of fused-ring (bicyclic) bond motifs is 2. The molecule has 0 spiro atoms. The summed E-state index contributed by atoms with van der Waals surface area (Å²) in [6, 6.07) is 5.85. The number of aromatic nitrogens is 1. The number of hydrogen-bond acceptors (Lipinski definition) is 2. The molecule has 1 atom stereocenters. The van der Waals surface area contributed by atoms with Crippen LogP contribution in [0.15, 0.2) is 18.2 Å². The molecule has 0 saturated carbocycles. The topological polar surface area (TPSA) is 50.2 Å². The van der Waals surface area contributed by atoms with Gasteiger partial charge in [-0.3, -0.25) is 4.98 Å². The molecule has 1 N–H and O–H groups in total. The van der Waals surface area contributed by atoms with Crippen LogP contribution in [0.2, 0.25) is 0 Å². The molecule has 1 heterocycles. The van der Waals surface area contributed by atoms with Crippen molar-refractivity contribution in [1.82, 2.24) is 4.98 Å². The molecule has 1 aromatic heterocycles. The second kappa shape index (κ2) is 4.34. The van der Waals surface area contributed by atoms with E-state index in [0.717, 1.165) is 47.0 Å². The molecule has 2 aromatic rings. The highest BCUT2D eigenvalue weighted by Crippen LogP contribution is 2.31. The fourth-order valence-corrected chi connectivity index (χ4v) is 2.97. The van der Waals surface area contributed by atoms with Gasteiger partial charge in [0.2, 0.25) is 0 Å². The van der Waals surface area contributed by atoms with Gasteiger partial charge in [0.25, 0.3) is 0 Å². The fourth-order valence-electron chi connectivity index (χ4n) is 2.97. The first kappa shape index (κ1) is 12.2. The largest absolute Gasteiger partial charge is 0.478 e. The molecule has 98 valence electrons. The van der Waals surface area contributed by atoms with Gasteiger partial charge < -0.3 is 5.11 Å². The summed E-state index contributed by atoms with van der Waals surface area (Å²) < 4.78 is 0. The van der Waals surface area contributed by atoms with Crippen LogP contribution in [0.3, 0.4) is 0 Å². The lowest BCUT2D eigenvalue weighted by atomic mass is 9.84. The monoisotopic (exact) mass is 255 g/mol. The van der Waals surface area contributed by atoms with Crippen LogP contribution >= 0.6 is 0 Å². The van der Waals surface area contributed by atoms with Gasteiger partial charge in [0.1, 0.15) is 0 Å². The third-order valence-corrected chi connectivity index (χ3v) is 3.97. The van der Waals surface area contributed by atoms with Crippen LogP contribution in [0.25, 0.3) is 10.9 Å². The van der Waals surface area contributed by atoms with Gasteiger partial charge >= 0.3 is 5.97 Å². The zero-order valence-corrected chi connectivity index (χ0v) is 11.2. The third kappa shape index (κ3) is 1.99. The van der Waals surface area contributed by atoms with E-state index in [1.54, 1.807) is 0 Å². The summed E-state index contributed by atoms with van der Waals surface area (Å²) in [6.45, 7) is 4.15. The van der Waals surface area contributed by atoms with Crippen LogP contribution in [0.4, 0.5) is 0 Å². The predicted molar refractivity (Wildman–Crippen MR) is 74.6 cm³/mol. The summed E-state index contributed by atoms with van der Waals surface area (Å²) in [5.41, 5.74) is 4.27. The van der Waals surface area contributed by atoms with E-state index >= 15 is 0 Å². The van der Waals surface area contributed by atoms with E-state index in [1.807, 2.05) is 25.1 Å². The van der Waals surface area contributed by atoms with E-state index in [-0.39, 0.29) is 0 Å². The highest BCUT2D eigenvalue weighted by molar-refractivity contribution is 6.04. The van der Waals surface area contributed by atoms with Crippen LogP contribution in [0.1, 0.15) is 40.5 Å². The summed E-state index contributed by atoms with van der Waals surface area (Å²) >= 11 is 0. The quantitative estimate of drug-likeness (QED) is 0.850. The second-order valence-corrected chi connectivity index (χ2v) is 5.59. The van der Waals surface area contributed by atoms with E-state index in [2.05, 4.69) is 11.9 Å². The van der Waals surface area contributed by atoms with Gasteiger partial charge in [0, 0.05) is 11.1 Å². The maximum Gasteiger partial charge on any atom is 0.336 e. The smallest absolute Gasteiger partial charge is 0.336 e. The number of carboxylic acid groups (broad SMARTS) is 1. The Balaban J connectivity index is 2.37. The molecule has 19 heavy (non-hydrogen) atoms. The molecule has 1 aliphatic rings. The number of aromatic carboxylic acids is 1. The molecule has 3 nitrogen and oxygen atoms in total. The van der Waals surface area contributed by atoms with Gasteiger partial charge in [0.05, 0.1) is 11.1 Å². The van der Waals surface area contributed by atoms with Crippen LogP contribution in [0.5, 0.6) is 0 Å². The highest BCUT2D eigenvalue weighted by Gasteiger charge is 2.24. The number of pyridine rings is 1. The van der Waals surface area contributed by atoms with Gasteiger partial charge in [-0.25, -0.2) is 4.79 Å². The van der Waals surface area contributed by atoms with Crippen molar-refractivity contribution in [3.63, 3.8) is 0 Å². The summed E-state index contributed by atoms with van der Waals surface area (Å²) in [4.78, 5) is 16.3. The number of rotatable bonds is 1. The molecule has 1 aromatic carbocycles. The molecular formula is C16H17NO2. The normalized spacial score (nSPS) is 18.3. The van der Waals surface area contributed by atoms with Crippen LogP contribution < -0.4 is 0 Å². The molecule has 0 aliphatic heterocycles. The van der Waals surface area contributed by atoms with Crippen molar-refractivity contribution >= 4 is 16.9 Å². The summed E-state index contributed by atoms with van der Waals surface area (Å²) in [5.74, 6) is -0.294. The lowest BCUT2D eigenvalue weighted by molar-refractivity contribution is 0.0697. The Kier molecular flexibility index (Phi) is 2.77. The maximum atomic E-state index is 11.7. The first-order valence-corrected chi connectivity index (χ1v) is 6.71.